The average Bonchev–Trinajstić information content (AvgIpc) is 2.93. The predicted octanol–water partition coefficient (Wildman–Crippen LogP) is 3.39. The third kappa shape index (κ3) is 4.95. The summed E-state index contributed by atoms with van der Waals surface area (Å²) in [6.45, 7) is 0. The van der Waals surface area contributed by atoms with Crippen LogP contribution in [0.1, 0.15) is 6.42 Å². The summed E-state index contributed by atoms with van der Waals surface area (Å²) in [6.07, 6.45) is 2.57. The highest BCUT2D eigenvalue weighted by Gasteiger charge is 2.15. The molecule has 0 aliphatic carbocycles. The van der Waals surface area contributed by atoms with E-state index in [-0.39, 0.29) is 24.1 Å². The van der Waals surface area contributed by atoms with Gasteiger partial charge in [-0.2, -0.15) is 11.8 Å². The lowest BCUT2D eigenvalue weighted by molar-refractivity contribution is -0.117. The van der Waals surface area contributed by atoms with Crippen molar-refractivity contribution in [3.8, 4) is 11.3 Å². The van der Waals surface area contributed by atoms with Gasteiger partial charge >= 0.3 is 0 Å². The first-order valence-electron chi connectivity index (χ1n) is 6.37. The van der Waals surface area contributed by atoms with E-state index in [0.29, 0.717) is 22.8 Å². The van der Waals surface area contributed by atoms with Gasteiger partial charge in [-0.05, 0) is 30.6 Å². The third-order valence-electron chi connectivity index (χ3n) is 2.85. The second-order valence-electron chi connectivity index (χ2n) is 4.39. The highest BCUT2D eigenvalue weighted by Crippen LogP contribution is 2.26. The highest BCUT2D eigenvalue weighted by molar-refractivity contribution is 7.98. The zero-order valence-corrected chi connectivity index (χ0v) is 14.4. The number of anilines is 1. The molecule has 1 atom stereocenters. The molecule has 1 aromatic carbocycles. The Morgan fingerprint density at radius 3 is 2.91 bits per heavy atom. The van der Waals surface area contributed by atoms with Crippen molar-refractivity contribution < 1.29 is 9.18 Å². The van der Waals surface area contributed by atoms with Gasteiger partial charge in [-0.3, -0.25) is 4.79 Å². The van der Waals surface area contributed by atoms with Crippen LogP contribution in [0.4, 0.5) is 9.52 Å². The molecular weight excluding hydrogens is 345 g/mol. The number of thioether (sulfide) groups is 1. The number of benzene rings is 1. The lowest BCUT2D eigenvalue weighted by Gasteiger charge is -2.09. The van der Waals surface area contributed by atoms with Crippen LogP contribution in [0.5, 0.6) is 0 Å². The van der Waals surface area contributed by atoms with E-state index in [1.807, 2.05) is 6.26 Å². The normalized spacial score (nSPS) is 11.6. The molecule has 0 aliphatic heterocycles. The Morgan fingerprint density at radius 2 is 2.23 bits per heavy atom. The van der Waals surface area contributed by atoms with E-state index in [1.54, 1.807) is 35.3 Å². The number of nitrogens with one attached hydrogen (secondary N) is 1. The third-order valence-corrected chi connectivity index (χ3v) is 4.26. The molecule has 3 N–H and O–H groups in total. The lowest BCUT2D eigenvalue weighted by Crippen LogP contribution is -2.36. The number of carbonyl (C=O) groups excluding carboxylic acids is 1. The Balaban J connectivity index is 0.00000242. The Bertz CT molecular complexity index is 624. The Labute approximate surface area is 143 Å². The number of nitrogens with two attached hydrogens (primary N) is 1. The van der Waals surface area contributed by atoms with Gasteiger partial charge in [0.05, 0.1) is 11.7 Å². The van der Waals surface area contributed by atoms with Gasteiger partial charge in [-0.25, -0.2) is 9.37 Å². The Kier molecular flexibility index (Phi) is 7.81. The number of nitrogens with zero attached hydrogens (tertiary/aromatic N) is 1. The number of aromatic nitrogens is 1. The van der Waals surface area contributed by atoms with E-state index >= 15 is 0 Å². The van der Waals surface area contributed by atoms with Crippen molar-refractivity contribution in [1.82, 2.24) is 4.98 Å². The van der Waals surface area contributed by atoms with E-state index in [0.717, 1.165) is 5.75 Å². The van der Waals surface area contributed by atoms with Gasteiger partial charge in [-0.1, -0.05) is 12.1 Å². The van der Waals surface area contributed by atoms with E-state index in [9.17, 15) is 9.18 Å². The van der Waals surface area contributed by atoms with Gasteiger partial charge in [0.25, 0.3) is 0 Å². The molecule has 0 bridgehead atoms. The molecule has 0 saturated heterocycles. The topological polar surface area (TPSA) is 68.0 Å². The first kappa shape index (κ1) is 18.9. The van der Waals surface area contributed by atoms with Gasteiger partial charge < -0.3 is 11.1 Å². The molecule has 1 heterocycles. The second kappa shape index (κ2) is 9.09. The van der Waals surface area contributed by atoms with Crippen LogP contribution in [0.3, 0.4) is 0 Å². The molecule has 1 amide bonds. The summed E-state index contributed by atoms with van der Waals surface area (Å²) in [6, 6.07) is 5.84. The van der Waals surface area contributed by atoms with Gasteiger partial charge in [0.2, 0.25) is 5.91 Å². The molecule has 2 rings (SSSR count). The summed E-state index contributed by atoms with van der Waals surface area (Å²) in [5.74, 6) is 0.225. The minimum absolute atomic E-state index is 0. The Hall–Kier alpha value is -1.15. The smallest absolute Gasteiger partial charge is 0.243 e. The number of amides is 1. The van der Waals surface area contributed by atoms with Crippen LogP contribution < -0.4 is 11.1 Å². The molecule has 0 aliphatic rings. The molecule has 8 heteroatoms. The fourth-order valence-electron chi connectivity index (χ4n) is 1.70. The standard InChI is InChI=1S/C14H16FN3OS2.ClH/c1-20-7-6-11(16)13(19)18-14-17-12(8-21-14)9-4-2-3-5-10(9)15;/h2-5,8,11H,6-7,16H2,1H3,(H,17,18,19);1H/t11-;/m0./s1. The van der Waals surface area contributed by atoms with E-state index < -0.39 is 6.04 Å². The number of hydrogen-bond acceptors (Lipinski definition) is 5. The summed E-state index contributed by atoms with van der Waals surface area (Å²) in [5.41, 5.74) is 6.71. The van der Waals surface area contributed by atoms with Crippen LogP contribution in [0, 0.1) is 5.82 Å². The fraction of sp³-hybridized carbons (Fsp3) is 0.286. The molecule has 0 spiro atoms. The van der Waals surface area contributed by atoms with Crippen molar-refractivity contribution in [2.45, 2.75) is 12.5 Å². The second-order valence-corrected chi connectivity index (χ2v) is 6.24. The maximum atomic E-state index is 13.7. The van der Waals surface area contributed by atoms with Crippen LogP contribution in [-0.2, 0) is 4.79 Å². The molecule has 0 saturated carbocycles. The zero-order chi connectivity index (χ0) is 15.2. The number of hydrogen-bond donors (Lipinski definition) is 2. The fourth-order valence-corrected chi connectivity index (χ4v) is 2.90. The molecule has 0 radical (unpaired) electrons. The zero-order valence-electron chi connectivity index (χ0n) is 11.9. The quantitative estimate of drug-likeness (QED) is 0.827. The monoisotopic (exact) mass is 361 g/mol. The maximum absolute atomic E-state index is 13.7. The van der Waals surface area contributed by atoms with Gasteiger partial charge in [0.1, 0.15) is 5.82 Å². The minimum Gasteiger partial charge on any atom is -0.320 e. The van der Waals surface area contributed by atoms with Crippen molar-refractivity contribution in [3.63, 3.8) is 0 Å². The SMILES string of the molecule is CSCC[C@H](N)C(=O)Nc1nc(-c2ccccc2F)cs1.Cl. The number of carbonyl (C=O) groups is 1. The van der Waals surface area contributed by atoms with Crippen LogP contribution >= 0.6 is 35.5 Å². The molecule has 1 aromatic heterocycles. The van der Waals surface area contributed by atoms with E-state index in [2.05, 4.69) is 10.3 Å². The number of halogens is 2. The van der Waals surface area contributed by atoms with Crippen LogP contribution in [0.15, 0.2) is 29.6 Å². The van der Waals surface area contributed by atoms with Crippen LogP contribution in [0.2, 0.25) is 0 Å². The maximum Gasteiger partial charge on any atom is 0.243 e. The number of thiazole rings is 1. The molecule has 22 heavy (non-hydrogen) atoms. The largest absolute Gasteiger partial charge is 0.320 e. The summed E-state index contributed by atoms with van der Waals surface area (Å²) in [4.78, 5) is 16.1. The predicted molar refractivity (Wildman–Crippen MR) is 94.4 cm³/mol. The number of rotatable bonds is 6. The summed E-state index contributed by atoms with van der Waals surface area (Å²) in [7, 11) is 0. The highest BCUT2D eigenvalue weighted by atomic mass is 35.5. The van der Waals surface area contributed by atoms with Crippen LogP contribution in [-0.4, -0.2) is 28.9 Å². The van der Waals surface area contributed by atoms with Crippen molar-refractivity contribution >= 4 is 46.5 Å². The molecule has 0 unspecified atom stereocenters. The summed E-state index contributed by atoms with van der Waals surface area (Å²) >= 11 is 2.89. The lowest BCUT2D eigenvalue weighted by atomic mass is 10.2. The molecule has 2 aromatic rings. The minimum atomic E-state index is -0.557. The molecule has 120 valence electrons. The summed E-state index contributed by atoms with van der Waals surface area (Å²) < 4.78 is 13.7. The van der Waals surface area contributed by atoms with Crippen molar-refractivity contribution in [2.75, 3.05) is 17.3 Å². The van der Waals surface area contributed by atoms with Crippen molar-refractivity contribution in [2.24, 2.45) is 5.73 Å². The first-order chi connectivity index (χ1) is 10.1. The molecule has 0 fully saturated rings. The average molecular weight is 362 g/mol. The Morgan fingerprint density at radius 1 is 1.50 bits per heavy atom. The van der Waals surface area contributed by atoms with Gasteiger partial charge in [0, 0.05) is 10.9 Å². The van der Waals surface area contributed by atoms with E-state index in [1.165, 1.54) is 17.4 Å². The first-order valence-corrected chi connectivity index (χ1v) is 8.65. The van der Waals surface area contributed by atoms with Gasteiger partial charge in [-0.15, -0.1) is 23.7 Å². The van der Waals surface area contributed by atoms with Crippen LogP contribution in [0.25, 0.3) is 11.3 Å². The van der Waals surface area contributed by atoms with Crippen molar-refractivity contribution in [1.29, 1.82) is 0 Å². The molecule has 4 nitrogen and oxygen atoms in total. The van der Waals surface area contributed by atoms with Crippen molar-refractivity contribution in [3.05, 3.63) is 35.5 Å². The molecular formula is C14H17ClFN3OS2. The summed E-state index contributed by atoms with van der Waals surface area (Å²) in [5, 5.41) is 4.81. The van der Waals surface area contributed by atoms with E-state index in [4.69, 9.17) is 5.73 Å². The van der Waals surface area contributed by atoms with Gasteiger partial charge in [0.15, 0.2) is 5.13 Å².